The molecule has 3 nitrogen and oxygen atoms in total. The van der Waals surface area contributed by atoms with Crippen LogP contribution in [0.25, 0.3) is 0 Å². The Kier molecular flexibility index (Phi) is 3.58. The molecule has 0 amide bonds. The first-order valence-corrected chi connectivity index (χ1v) is 6.87. The van der Waals surface area contributed by atoms with Gasteiger partial charge in [-0.25, -0.2) is 4.98 Å². The molecular weight excluding hydrogens is 238 g/mol. The Labute approximate surface area is 104 Å². The predicted octanol–water partition coefficient (Wildman–Crippen LogP) is 2.86. The fourth-order valence-electron chi connectivity index (χ4n) is 1.36. The summed E-state index contributed by atoms with van der Waals surface area (Å²) in [5, 5.41) is 5.16. The van der Waals surface area contributed by atoms with Crippen molar-refractivity contribution >= 4 is 27.8 Å². The Hall–Kier alpha value is -0.910. The fraction of sp³-hybridized carbons (Fsp3) is 0.364. The number of anilines is 1. The zero-order valence-electron chi connectivity index (χ0n) is 9.38. The van der Waals surface area contributed by atoms with E-state index < -0.39 is 0 Å². The van der Waals surface area contributed by atoms with Crippen LogP contribution in [0.5, 0.6) is 0 Å². The molecule has 0 spiro atoms. The Balaban J connectivity index is 2.06. The first-order chi connectivity index (χ1) is 7.66. The SMILES string of the molecule is CC(N)c1csc(N(C)Cc2cccs2)n1. The van der Waals surface area contributed by atoms with Crippen LogP contribution in [0, 0.1) is 0 Å². The van der Waals surface area contributed by atoms with Crippen LogP contribution in [-0.4, -0.2) is 12.0 Å². The minimum atomic E-state index is 0.0140. The summed E-state index contributed by atoms with van der Waals surface area (Å²) in [4.78, 5) is 8.02. The molecule has 0 radical (unpaired) electrons. The maximum absolute atomic E-state index is 5.79. The second-order valence-corrected chi connectivity index (χ2v) is 5.65. The molecule has 0 aliphatic carbocycles. The molecule has 0 aliphatic rings. The molecular formula is C11H15N3S2. The molecule has 0 fully saturated rings. The van der Waals surface area contributed by atoms with Gasteiger partial charge in [0.15, 0.2) is 5.13 Å². The van der Waals surface area contributed by atoms with Crippen LogP contribution in [0.1, 0.15) is 23.5 Å². The molecule has 0 bridgehead atoms. The summed E-state index contributed by atoms with van der Waals surface area (Å²) in [5.41, 5.74) is 6.76. The van der Waals surface area contributed by atoms with E-state index in [2.05, 4.69) is 34.4 Å². The van der Waals surface area contributed by atoms with Crippen molar-refractivity contribution in [3.63, 3.8) is 0 Å². The van der Waals surface area contributed by atoms with Crippen molar-refractivity contribution in [1.29, 1.82) is 0 Å². The number of thiazole rings is 1. The Morgan fingerprint density at radius 3 is 2.88 bits per heavy atom. The Morgan fingerprint density at radius 2 is 2.31 bits per heavy atom. The summed E-state index contributed by atoms with van der Waals surface area (Å²) >= 11 is 3.42. The van der Waals surface area contributed by atoms with Gasteiger partial charge < -0.3 is 10.6 Å². The van der Waals surface area contributed by atoms with E-state index in [0.29, 0.717) is 0 Å². The monoisotopic (exact) mass is 253 g/mol. The predicted molar refractivity (Wildman–Crippen MR) is 71.1 cm³/mol. The van der Waals surface area contributed by atoms with Gasteiger partial charge in [0, 0.05) is 23.3 Å². The molecule has 0 aromatic carbocycles. The first kappa shape index (κ1) is 11.6. The van der Waals surface area contributed by atoms with E-state index in [-0.39, 0.29) is 6.04 Å². The fourth-order valence-corrected chi connectivity index (χ4v) is 3.02. The van der Waals surface area contributed by atoms with Crippen LogP contribution in [-0.2, 0) is 6.54 Å². The lowest BCUT2D eigenvalue weighted by molar-refractivity contribution is 0.784. The quantitative estimate of drug-likeness (QED) is 0.911. The molecule has 2 rings (SSSR count). The van der Waals surface area contributed by atoms with Crippen molar-refractivity contribution in [3.05, 3.63) is 33.5 Å². The van der Waals surface area contributed by atoms with Gasteiger partial charge in [-0.1, -0.05) is 6.07 Å². The minimum Gasteiger partial charge on any atom is -0.346 e. The van der Waals surface area contributed by atoms with Crippen molar-refractivity contribution in [2.24, 2.45) is 5.73 Å². The second-order valence-electron chi connectivity index (χ2n) is 3.78. The van der Waals surface area contributed by atoms with Gasteiger partial charge in [-0.2, -0.15) is 0 Å². The van der Waals surface area contributed by atoms with Crippen LogP contribution in [0.2, 0.25) is 0 Å². The van der Waals surface area contributed by atoms with Crippen LogP contribution in [0.15, 0.2) is 22.9 Å². The summed E-state index contributed by atoms with van der Waals surface area (Å²) in [6, 6.07) is 4.23. The number of hydrogen-bond acceptors (Lipinski definition) is 5. The van der Waals surface area contributed by atoms with Crippen molar-refractivity contribution in [2.45, 2.75) is 19.5 Å². The molecule has 5 heteroatoms. The summed E-state index contributed by atoms with van der Waals surface area (Å²) in [7, 11) is 2.06. The van der Waals surface area contributed by atoms with E-state index in [1.54, 1.807) is 22.7 Å². The van der Waals surface area contributed by atoms with E-state index in [1.807, 2.05) is 12.3 Å². The van der Waals surface area contributed by atoms with Crippen molar-refractivity contribution in [2.75, 3.05) is 11.9 Å². The molecule has 1 atom stereocenters. The Morgan fingerprint density at radius 1 is 1.50 bits per heavy atom. The second kappa shape index (κ2) is 4.95. The third-order valence-electron chi connectivity index (χ3n) is 2.28. The molecule has 2 heterocycles. The zero-order valence-corrected chi connectivity index (χ0v) is 11.0. The lowest BCUT2D eigenvalue weighted by Gasteiger charge is -2.14. The van der Waals surface area contributed by atoms with Crippen LogP contribution in [0.4, 0.5) is 5.13 Å². The van der Waals surface area contributed by atoms with E-state index >= 15 is 0 Å². The number of hydrogen-bond donors (Lipinski definition) is 1. The average molecular weight is 253 g/mol. The Bertz CT molecular complexity index is 434. The van der Waals surface area contributed by atoms with Crippen molar-refractivity contribution in [3.8, 4) is 0 Å². The topological polar surface area (TPSA) is 42.1 Å². The molecule has 2 aromatic rings. The first-order valence-electron chi connectivity index (χ1n) is 5.11. The smallest absolute Gasteiger partial charge is 0.185 e. The number of rotatable bonds is 4. The van der Waals surface area contributed by atoms with Crippen LogP contribution in [0.3, 0.4) is 0 Å². The maximum atomic E-state index is 5.79. The van der Waals surface area contributed by atoms with Gasteiger partial charge in [-0.05, 0) is 18.4 Å². The van der Waals surface area contributed by atoms with Crippen LogP contribution < -0.4 is 10.6 Å². The summed E-state index contributed by atoms with van der Waals surface area (Å²) in [6.07, 6.45) is 0. The molecule has 1 unspecified atom stereocenters. The molecule has 0 saturated carbocycles. The normalized spacial score (nSPS) is 12.7. The molecule has 2 aromatic heterocycles. The highest BCUT2D eigenvalue weighted by molar-refractivity contribution is 7.13. The zero-order chi connectivity index (χ0) is 11.5. The molecule has 16 heavy (non-hydrogen) atoms. The summed E-state index contributed by atoms with van der Waals surface area (Å²) in [5.74, 6) is 0. The molecule has 86 valence electrons. The van der Waals surface area contributed by atoms with E-state index in [9.17, 15) is 0 Å². The standard InChI is InChI=1S/C11H15N3S2/c1-8(12)10-7-16-11(13-10)14(2)6-9-4-3-5-15-9/h3-5,7-8H,6,12H2,1-2H3. The highest BCUT2D eigenvalue weighted by atomic mass is 32.1. The van der Waals surface area contributed by atoms with Crippen molar-refractivity contribution < 1.29 is 0 Å². The van der Waals surface area contributed by atoms with Crippen LogP contribution >= 0.6 is 22.7 Å². The highest BCUT2D eigenvalue weighted by Crippen LogP contribution is 2.24. The molecule has 0 aliphatic heterocycles. The van der Waals surface area contributed by atoms with Gasteiger partial charge in [0.1, 0.15) is 0 Å². The number of aromatic nitrogens is 1. The van der Waals surface area contributed by atoms with Gasteiger partial charge in [0.2, 0.25) is 0 Å². The summed E-state index contributed by atoms with van der Waals surface area (Å²) in [6.45, 7) is 2.86. The number of thiophene rings is 1. The van der Waals surface area contributed by atoms with Gasteiger partial charge >= 0.3 is 0 Å². The van der Waals surface area contributed by atoms with Gasteiger partial charge in [0.05, 0.1) is 12.2 Å². The third kappa shape index (κ3) is 2.61. The van der Waals surface area contributed by atoms with E-state index in [4.69, 9.17) is 5.73 Å². The maximum Gasteiger partial charge on any atom is 0.185 e. The van der Waals surface area contributed by atoms with Crippen molar-refractivity contribution in [1.82, 2.24) is 4.98 Å². The summed E-state index contributed by atoms with van der Waals surface area (Å²) < 4.78 is 0. The third-order valence-corrected chi connectivity index (χ3v) is 4.11. The number of nitrogens with zero attached hydrogens (tertiary/aromatic N) is 2. The lowest BCUT2D eigenvalue weighted by atomic mass is 10.3. The molecule has 2 N–H and O–H groups in total. The molecule has 0 saturated heterocycles. The van der Waals surface area contributed by atoms with Gasteiger partial charge in [-0.3, -0.25) is 0 Å². The largest absolute Gasteiger partial charge is 0.346 e. The highest BCUT2D eigenvalue weighted by Gasteiger charge is 2.10. The average Bonchev–Trinajstić information content (AvgIpc) is 2.86. The van der Waals surface area contributed by atoms with Gasteiger partial charge in [0.25, 0.3) is 0 Å². The van der Waals surface area contributed by atoms with E-state index in [0.717, 1.165) is 17.4 Å². The van der Waals surface area contributed by atoms with Gasteiger partial charge in [-0.15, -0.1) is 22.7 Å². The lowest BCUT2D eigenvalue weighted by Crippen LogP contribution is -2.15. The minimum absolute atomic E-state index is 0.0140. The van der Waals surface area contributed by atoms with E-state index in [1.165, 1.54) is 4.88 Å². The number of nitrogens with two attached hydrogens (primary N) is 1.